The van der Waals surface area contributed by atoms with E-state index in [0.29, 0.717) is 21.5 Å². The van der Waals surface area contributed by atoms with Crippen LogP contribution >= 0.6 is 27.5 Å². The van der Waals surface area contributed by atoms with Crippen LogP contribution in [0.25, 0.3) is 0 Å². The van der Waals surface area contributed by atoms with Crippen molar-refractivity contribution in [3.8, 4) is 0 Å². The number of carbonyl (C=O) groups excluding carboxylic acids is 1. The monoisotopic (exact) mass is 331 g/mol. The summed E-state index contributed by atoms with van der Waals surface area (Å²) in [6, 6.07) is 3.95. The Morgan fingerprint density at radius 1 is 1.56 bits per heavy atom. The van der Waals surface area contributed by atoms with Crippen molar-refractivity contribution in [1.82, 2.24) is 4.90 Å². The molecule has 1 aliphatic carbocycles. The van der Waals surface area contributed by atoms with Crippen molar-refractivity contribution < 1.29 is 14.7 Å². The summed E-state index contributed by atoms with van der Waals surface area (Å²) in [6.45, 7) is 0. The van der Waals surface area contributed by atoms with Crippen molar-refractivity contribution in [2.75, 3.05) is 0 Å². The highest BCUT2D eigenvalue weighted by molar-refractivity contribution is 9.10. The first kappa shape index (κ1) is 13.4. The summed E-state index contributed by atoms with van der Waals surface area (Å²) >= 11 is 9.19. The third kappa shape index (κ3) is 2.67. The fourth-order valence-electron chi connectivity index (χ4n) is 1.88. The Balaban J connectivity index is 2.43. The average molecular weight is 333 g/mol. The van der Waals surface area contributed by atoms with E-state index in [9.17, 15) is 14.7 Å². The van der Waals surface area contributed by atoms with Crippen LogP contribution in [0.3, 0.4) is 0 Å². The van der Waals surface area contributed by atoms with Crippen LogP contribution in [0.5, 0.6) is 0 Å². The van der Waals surface area contributed by atoms with Crippen molar-refractivity contribution in [3.05, 3.63) is 33.3 Å². The Kier molecular flexibility index (Phi) is 3.92. The molecule has 6 heteroatoms. The van der Waals surface area contributed by atoms with Crippen molar-refractivity contribution in [3.63, 3.8) is 0 Å². The Morgan fingerprint density at radius 3 is 2.72 bits per heavy atom. The number of carbonyl (C=O) groups is 2. The Labute approximate surface area is 118 Å². The van der Waals surface area contributed by atoms with Crippen LogP contribution in [0, 0.1) is 0 Å². The van der Waals surface area contributed by atoms with E-state index in [0.717, 1.165) is 12.8 Å². The maximum atomic E-state index is 11.4. The SMILES string of the molecule is O=CN(C1CC1)C(C(=O)O)c1cc(Cl)ccc1Br. The van der Waals surface area contributed by atoms with Crippen LogP contribution in [-0.4, -0.2) is 28.4 Å². The van der Waals surface area contributed by atoms with E-state index in [-0.39, 0.29) is 6.04 Å². The number of rotatable bonds is 5. The highest BCUT2D eigenvalue weighted by atomic mass is 79.9. The van der Waals surface area contributed by atoms with Crippen LogP contribution in [0.1, 0.15) is 24.4 Å². The molecule has 18 heavy (non-hydrogen) atoms. The lowest BCUT2D eigenvalue weighted by atomic mass is 10.1. The van der Waals surface area contributed by atoms with Crippen molar-refractivity contribution in [2.24, 2.45) is 0 Å². The van der Waals surface area contributed by atoms with Crippen molar-refractivity contribution in [2.45, 2.75) is 24.9 Å². The molecule has 1 saturated carbocycles. The Bertz CT molecular complexity index is 490. The molecule has 0 heterocycles. The second-order valence-corrected chi connectivity index (χ2v) is 5.48. The second kappa shape index (κ2) is 5.28. The Morgan fingerprint density at radius 2 is 2.22 bits per heavy atom. The number of hydrogen-bond acceptors (Lipinski definition) is 2. The number of amides is 1. The largest absolute Gasteiger partial charge is 0.479 e. The quantitative estimate of drug-likeness (QED) is 0.844. The van der Waals surface area contributed by atoms with E-state index in [1.54, 1.807) is 18.2 Å². The zero-order valence-corrected chi connectivity index (χ0v) is 11.7. The number of carboxylic acids is 1. The zero-order valence-electron chi connectivity index (χ0n) is 9.35. The van der Waals surface area contributed by atoms with Crippen LogP contribution in [-0.2, 0) is 9.59 Å². The number of halogens is 2. The zero-order chi connectivity index (χ0) is 13.3. The highest BCUT2D eigenvalue weighted by Gasteiger charge is 2.38. The van der Waals surface area contributed by atoms with Gasteiger partial charge in [0, 0.05) is 21.1 Å². The number of carboxylic acid groups (broad SMARTS) is 1. The van der Waals surface area contributed by atoms with Crippen molar-refractivity contribution >= 4 is 39.9 Å². The standard InChI is InChI=1S/C12H11BrClNO3/c13-10-4-1-7(14)5-9(10)11(12(17)18)15(6-16)8-2-3-8/h1,4-6,8,11H,2-3H2,(H,17,18). The van der Waals surface area contributed by atoms with E-state index in [4.69, 9.17) is 11.6 Å². The molecule has 0 spiro atoms. The van der Waals surface area contributed by atoms with Gasteiger partial charge in [0.25, 0.3) is 0 Å². The molecular formula is C12H11BrClNO3. The minimum absolute atomic E-state index is 0.0227. The van der Waals surface area contributed by atoms with Crippen LogP contribution in [0.2, 0.25) is 5.02 Å². The third-order valence-corrected chi connectivity index (χ3v) is 3.83. The number of hydrogen-bond donors (Lipinski definition) is 1. The molecule has 2 rings (SSSR count). The molecule has 1 amide bonds. The fraction of sp³-hybridized carbons (Fsp3) is 0.333. The maximum absolute atomic E-state index is 11.4. The summed E-state index contributed by atoms with van der Waals surface area (Å²) in [5.74, 6) is -1.06. The molecule has 1 N–H and O–H groups in total. The molecule has 1 aliphatic rings. The van der Waals surface area contributed by atoms with Gasteiger partial charge in [-0.3, -0.25) is 4.79 Å². The molecule has 0 radical (unpaired) electrons. The van der Waals surface area contributed by atoms with Gasteiger partial charge >= 0.3 is 5.97 Å². The van der Waals surface area contributed by atoms with Gasteiger partial charge in [0.2, 0.25) is 6.41 Å². The van der Waals surface area contributed by atoms with Gasteiger partial charge < -0.3 is 10.0 Å². The lowest BCUT2D eigenvalue weighted by Crippen LogP contribution is -2.35. The van der Waals surface area contributed by atoms with Gasteiger partial charge in [0.15, 0.2) is 6.04 Å². The smallest absolute Gasteiger partial charge is 0.331 e. The topological polar surface area (TPSA) is 57.6 Å². The molecule has 0 saturated heterocycles. The van der Waals surface area contributed by atoms with Gasteiger partial charge in [-0.15, -0.1) is 0 Å². The van der Waals surface area contributed by atoms with Crippen LogP contribution < -0.4 is 0 Å². The van der Waals surface area contributed by atoms with Crippen molar-refractivity contribution in [1.29, 1.82) is 0 Å². The van der Waals surface area contributed by atoms with E-state index < -0.39 is 12.0 Å². The van der Waals surface area contributed by atoms with Crippen LogP contribution in [0.4, 0.5) is 0 Å². The summed E-state index contributed by atoms with van der Waals surface area (Å²) in [6.07, 6.45) is 2.30. The summed E-state index contributed by atoms with van der Waals surface area (Å²) in [7, 11) is 0. The van der Waals surface area contributed by atoms with E-state index >= 15 is 0 Å². The van der Waals surface area contributed by atoms with E-state index in [2.05, 4.69) is 15.9 Å². The highest BCUT2D eigenvalue weighted by Crippen LogP contribution is 2.36. The van der Waals surface area contributed by atoms with Gasteiger partial charge in [0.1, 0.15) is 0 Å². The fourth-order valence-corrected chi connectivity index (χ4v) is 2.52. The number of nitrogens with zero attached hydrogens (tertiary/aromatic N) is 1. The lowest BCUT2D eigenvalue weighted by Gasteiger charge is -2.26. The summed E-state index contributed by atoms with van der Waals surface area (Å²) in [5.41, 5.74) is 0.494. The molecule has 1 unspecified atom stereocenters. The summed E-state index contributed by atoms with van der Waals surface area (Å²) in [4.78, 5) is 23.9. The molecule has 0 aromatic heterocycles. The summed E-state index contributed by atoms with van der Waals surface area (Å²) in [5, 5.41) is 9.80. The van der Waals surface area contributed by atoms with E-state index in [1.807, 2.05) is 0 Å². The summed E-state index contributed by atoms with van der Waals surface area (Å²) < 4.78 is 0.631. The molecule has 1 atom stereocenters. The molecule has 1 aromatic carbocycles. The molecule has 96 valence electrons. The number of benzene rings is 1. The minimum Gasteiger partial charge on any atom is -0.479 e. The predicted octanol–water partition coefficient (Wildman–Crippen LogP) is 2.85. The molecule has 0 aliphatic heterocycles. The van der Waals surface area contributed by atoms with Gasteiger partial charge in [-0.05, 0) is 31.0 Å². The van der Waals surface area contributed by atoms with Gasteiger partial charge in [0.05, 0.1) is 0 Å². The van der Waals surface area contributed by atoms with Gasteiger partial charge in [-0.25, -0.2) is 4.79 Å². The molecule has 1 fully saturated rings. The number of aliphatic carboxylic acids is 1. The average Bonchev–Trinajstić information content (AvgIpc) is 3.13. The van der Waals surface area contributed by atoms with Crippen LogP contribution in [0.15, 0.2) is 22.7 Å². The Hall–Kier alpha value is -1.07. The predicted molar refractivity (Wildman–Crippen MR) is 70.5 cm³/mol. The third-order valence-electron chi connectivity index (χ3n) is 2.87. The molecule has 4 nitrogen and oxygen atoms in total. The molecular weight excluding hydrogens is 321 g/mol. The molecule has 1 aromatic rings. The molecule has 0 bridgehead atoms. The maximum Gasteiger partial charge on any atom is 0.331 e. The van der Waals surface area contributed by atoms with Gasteiger partial charge in [-0.2, -0.15) is 0 Å². The van der Waals surface area contributed by atoms with E-state index in [1.165, 1.54) is 4.90 Å². The minimum atomic E-state index is -1.06. The first-order valence-electron chi connectivity index (χ1n) is 5.45. The van der Waals surface area contributed by atoms with Gasteiger partial charge in [-0.1, -0.05) is 27.5 Å². The lowest BCUT2D eigenvalue weighted by molar-refractivity contribution is -0.147. The first-order valence-corrected chi connectivity index (χ1v) is 6.62. The first-order chi connectivity index (χ1) is 8.54. The second-order valence-electron chi connectivity index (χ2n) is 4.19. The normalized spacial score (nSPS) is 16.1.